The molecule has 4 N–H and O–H groups in total. The van der Waals surface area contributed by atoms with Crippen LogP contribution in [0.15, 0.2) is 39.5 Å². The molecule has 134 valence electrons. The molecule has 0 spiro atoms. The molecule has 0 amide bonds. The van der Waals surface area contributed by atoms with Crippen molar-refractivity contribution < 1.29 is 29.6 Å². The zero-order valence-electron chi connectivity index (χ0n) is 13.6. The number of methoxy groups -OCH3 is 1. The van der Waals surface area contributed by atoms with Gasteiger partial charge in [0.15, 0.2) is 5.43 Å². The van der Waals surface area contributed by atoms with Crippen LogP contribution < -0.4 is 10.2 Å². The zero-order valence-corrected chi connectivity index (χ0v) is 13.6. The van der Waals surface area contributed by atoms with Gasteiger partial charge in [-0.05, 0) is 24.1 Å². The Kier molecular flexibility index (Phi) is 4.91. The van der Waals surface area contributed by atoms with Gasteiger partial charge in [-0.25, -0.2) is 0 Å². The summed E-state index contributed by atoms with van der Waals surface area (Å²) in [5.41, 5.74) is 0.263. The van der Waals surface area contributed by atoms with Crippen molar-refractivity contribution in [3.05, 3.63) is 63.2 Å². The Morgan fingerprint density at radius 2 is 1.64 bits per heavy atom. The van der Waals surface area contributed by atoms with Gasteiger partial charge in [-0.3, -0.25) is 4.79 Å². The minimum absolute atomic E-state index is 0.192. The number of hydrogen-bond donors (Lipinski definition) is 4. The van der Waals surface area contributed by atoms with Gasteiger partial charge >= 0.3 is 0 Å². The zero-order chi connectivity index (χ0) is 18.1. The topological polar surface area (TPSA) is 120 Å². The number of aliphatic hydroxyl groups is 4. The van der Waals surface area contributed by atoms with Crippen LogP contribution in [0.25, 0.3) is 0 Å². The van der Waals surface area contributed by atoms with E-state index in [2.05, 4.69) is 0 Å². The van der Waals surface area contributed by atoms with E-state index < -0.39 is 29.8 Å². The molecule has 25 heavy (non-hydrogen) atoms. The summed E-state index contributed by atoms with van der Waals surface area (Å²) < 4.78 is 10.6. The number of ether oxygens (including phenoxy) is 1. The quantitative estimate of drug-likeness (QED) is 0.624. The molecular formula is C18H20O7. The maximum atomic E-state index is 12.2. The monoisotopic (exact) mass is 348 g/mol. The molecule has 1 heterocycles. The van der Waals surface area contributed by atoms with E-state index in [-0.39, 0.29) is 11.3 Å². The summed E-state index contributed by atoms with van der Waals surface area (Å²) in [6, 6.07) is 8.69. The van der Waals surface area contributed by atoms with E-state index in [1.165, 1.54) is 6.07 Å². The molecule has 0 radical (unpaired) electrons. The minimum Gasteiger partial charge on any atom is -0.497 e. The van der Waals surface area contributed by atoms with Crippen LogP contribution in [-0.2, 0) is 12.8 Å². The van der Waals surface area contributed by atoms with E-state index >= 15 is 0 Å². The largest absolute Gasteiger partial charge is 0.497 e. The van der Waals surface area contributed by atoms with E-state index in [1.807, 2.05) is 24.3 Å². The fourth-order valence-corrected chi connectivity index (χ4v) is 2.96. The van der Waals surface area contributed by atoms with E-state index in [4.69, 9.17) is 9.15 Å². The summed E-state index contributed by atoms with van der Waals surface area (Å²) in [6.45, 7) is 0. The molecule has 1 aromatic carbocycles. The molecule has 0 saturated carbocycles. The first kappa shape index (κ1) is 17.6. The first-order valence-corrected chi connectivity index (χ1v) is 7.94. The molecule has 7 nitrogen and oxygen atoms in total. The molecule has 0 bridgehead atoms. The fourth-order valence-electron chi connectivity index (χ4n) is 2.96. The second-order valence-electron chi connectivity index (χ2n) is 6.07. The number of rotatable bonds is 4. The second-order valence-corrected chi connectivity index (χ2v) is 6.07. The van der Waals surface area contributed by atoms with Crippen molar-refractivity contribution in [1.82, 2.24) is 0 Å². The van der Waals surface area contributed by atoms with Gasteiger partial charge in [0.1, 0.15) is 41.7 Å². The normalized spacial score (nSPS) is 25.5. The average Bonchev–Trinajstić information content (AvgIpc) is 2.62. The van der Waals surface area contributed by atoms with Crippen LogP contribution in [0.4, 0.5) is 0 Å². The van der Waals surface area contributed by atoms with Crippen molar-refractivity contribution >= 4 is 0 Å². The Morgan fingerprint density at radius 3 is 2.28 bits per heavy atom. The van der Waals surface area contributed by atoms with Crippen molar-refractivity contribution in [3.63, 3.8) is 0 Å². The van der Waals surface area contributed by atoms with E-state index in [0.717, 1.165) is 11.3 Å². The summed E-state index contributed by atoms with van der Waals surface area (Å²) in [6.07, 6.45) is -5.44. The Bertz CT molecular complexity index is 796. The number of benzene rings is 1. The number of fused-ring (bicyclic) bond motifs is 1. The molecule has 1 aliphatic rings. The van der Waals surface area contributed by atoms with Crippen LogP contribution in [0.3, 0.4) is 0 Å². The lowest BCUT2D eigenvalue weighted by Crippen LogP contribution is -2.44. The third-order valence-electron chi connectivity index (χ3n) is 4.44. The highest BCUT2D eigenvalue weighted by Crippen LogP contribution is 2.35. The van der Waals surface area contributed by atoms with Gasteiger partial charge in [0.25, 0.3) is 0 Å². The molecule has 3 rings (SSSR count). The maximum absolute atomic E-state index is 12.2. The molecule has 1 aliphatic carbocycles. The molecule has 0 saturated heterocycles. The summed E-state index contributed by atoms with van der Waals surface area (Å²) in [5, 5.41) is 39.5. The average molecular weight is 348 g/mol. The van der Waals surface area contributed by atoms with E-state index in [0.29, 0.717) is 18.6 Å². The maximum Gasteiger partial charge on any atom is 0.191 e. The second kappa shape index (κ2) is 6.97. The van der Waals surface area contributed by atoms with Gasteiger partial charge in [0.05, 0.1) is 12.7 Å². The molecule has 0 fully saturated rings. The van der Waals surface area contributed by atoms with Crippen LogP contribution in [0.5, 0.6) is 5.75 Å². The van der Waals surface area contributed by atoms with Gasteiger partial charge in [0.2, 0.25) is 0 Å². The van der Waals surface area contributed by atoms with Crippen molar-refractivity contribution in [2.75, 3.05) is 7.11 Å². The lowest BCUT2D eigenvalue weighted by Gasteiger charge is -2.32. The van der Waals surface area contributed by atoms with Gasteiger partial charge in [-0.15, -0.1) is 0 Å². The minimum atomic E-state index is -1.64. The number of hydrogen-bond acceptors (Lipinski definition) is 7. The summed E-state index contributed by atoms with van der Waals surface area (Å²) in [4.78, 5) is 12.2. The van der Waals surface area contributed by atoms with Crippen molar-refractivity contribution in [3.8, 4) is 5.75 Å². The summed E-state index contributed by atoms with van der Waals surface area (Å²) in [5.74, 6) is 0.880. The molecule has 7 heteroatoms. The molecular weight excluding hydrogens is 328 g/mol. The number of aliphatic hydroxyl groups excluding tert-OH is 4. The molecule has 0 aliphatic heterocycles. The van der Waals surface area contributed by atoms with Gasteiger partial charge in [0, 0.05) is 12.5 Å². The molecule has 4 atom stereocenters. The standard InChI is InChI=1S/C18H20O7/c1-24-10-5-2-9(3-6-10)4-7-11-8-12(19)13-14(20)15(21)16(22)17(23)18(13)25-11/h2-3,5-6,8,14-17,20-23H,4,7H2,1H3/t14-,15-,16+,17?/m0/s1. The molecule has 1 aromatic heterocycles. The Morgan fingerprint density at radius 1 is 1.00 bits per heavy atom. The van der Waals surface area contributed by atoms with Crippen LogP contribution in [0, 0.1) is 0 Å². The Hall–Kier alpha value is -2.19. The van der Waals surface area contributed by atoms with Crippen LogP contribution in [-0.4, -0.2) is 39.7 Å². The van der Waals surface area contributed by atoms with Gasteiger partial charge in [-0.2, -0.15) is 0 Å². The lowest BCUT2D eigenvalue weighted by molar-refractivity contribution is -0.128. The highest BCUT2D eigenvalue weighted by atomic mass is 16.5. The van der Waals surface area contributed by atoms with E-state index in [1.54, 1.807) is 7.11 Å². The summed E-state index contributed by atoms with van der Waals surface area (Å²) in [7, 11) is 1.59. The van der Waals surface area contributed by atoms with Crippen molar-refractivity contribution in [2.24, 2.45) is 0 Å². The lowest BCUT2D eigenvalue weighted by atomic mass is 9.87. The SMILES string of the molecule is COc1ccc(CCc2cc(=O)c3c(o2)C(O)[C@H](O)[C@@H](O)[C@H]3O)cc1. The van der Waals surface area contributed by atoms with Crippen LogP contribution >= 0.6 is 0 Å². The Balaban J connectivity index is 1.84. The van der Waals surface area contributed by atoms with Crippen LogP contribution in [0.2, 0.25) is 0 Å². The Labute approximate surface area is 143 Å². The molecule has 1 unspecified atom stereocenters. The van der Waals surface area contributed by atoms with Gasteiger partial charge in [-0.1, -0.05) is 12.1 Å². The third-order valence-corrected chi connectivity index (χ3v) is 4.44. The number of aryl methyl sites for hydroxylation is 2. The van der Waals surface area contributed by atoms with Crippen molar-refractivity contribution in [2.45, 2.75) is 37.3 Å². The van der Waals surface area contributed by atoms with Gasteiger partial charge < -0.3 is 29.6 Å². The first-order chi connectivity index (χ1) is 11.9. The fraction of sp³-hybridized carbons (Fsp3) is 0.389. The predicted molar refractivity (Wildman–Crippen MR) is 87.3 cm³/mol. The highest BCUT2D eigenvalue weighted by molar-refractivity contribution is 5.30. The van der Waals surface area contributed by atoms with Crippen molar-refractivity contribution in [1.29, 1.82) is 0 Å². The molecule has 2 aromatic rings. The predicted octanol–water partition coefficient (Wildman–Crippen LogP) is 0.236. The smallest absolute Gasteiger partial charge is 0.191 e. The first-order valence-electron chi connectivity index (χ1n) is 7.94. The summed E-state index contributed by atoms with van der Waals surface area (Å²) >= 11 is 0. The highest BCUT2D eigenvalue weighted by Gasteiger charge is 2.43. The van der Waals surface area contributed by atoms with Crippen LogP contribution in [0.1, 0.15) is 34.9 Å². The third kappa shape index (κ3) is 3.32. The van der Waals surface area contributed by atoms with E-state index in [9.17, 15) is 25.2 Å².